The van der Waals surface area contributed by atoms with Gasteiger partial charge in [-0.25, -0.2) is 0 Å². The van der Waals surface area contributed by atoms with Crippen LogP contribution in [0.1, 0.15) is 25.8 Å². The number of hydrogen-bond acceptors (Lipinski definition) is 4. The van der Waals surface area contributed by atoms with E-state index in [1.165, 1.54) is 25.1 Å². The van der Waals surface area contributed by atoms with E-state index >= 15 is 0 Å². The van der Waals surface area contributed by atoms with Crippen molar-refractivity contribution in [2.45, 2.75) is 32.7 Å². The van der Waals surface area contributed by atoms with Crippen LogP contribution in [-0.4, -0.2) is 87.9 Å². The monoisotopic (exact) mass is 415 g/mol. The van der Waals surface area contributed by atoms with E-state index in [2.05, 4.69) is 69.6 Å². The average Bonchev–Trinajstić information content (AvgIpc) is 3.23. The quantitative estimate of drug-likeness (QED) is 0.478. The third kappa shape index (κ3) is 7.25. The van der Waals surface area contributed by atoms with E-state index in [1.807, 2.05) is 7.05 Å². The van der Waals surface area contributed by atoms with Crippen molar-refractivity contribution in [1.29, 1.82) is 0 Å². The van der Waals surface area contributed by atoms with Crippen molar-refractivity contribution in [3.05, 3.63) is 35.9 Å². The number of ether oxygens (including phenoxy) is 1. The van der Waals surface area contributed by atoms with E-state index in [0.29, 0.717) is 17.9 Å². The summed E-state index contributed by atoms with van der Waals surface area (Å²) in [6.45, 7) is 13.8. The molecule has 1 aromatic carbocycles. The van der Waals surface area contributed by atoms with Gasteiger partial charge in [-0.1, -0.05) is 44.2 Å². The van der Waals surface area contributed by atoms with Crippen molar-refractivity contribution >= 4 is 5.96 Å². The van der Waals surface area contributed by atoms with Crippen LogP contribution >= 0.6 is 0 Å². The Kier molecular flexibility index (Phi) is 9.43. The molecule has 3 rings (SSSR count). The van der Waals surface area contributed by atoms with Crippen molar-refractivity contribution < 1.29 is 4.74 Å². The molecule has 0 amide bonds. The third-order valence-electron chi connectivity index (χ3n) is 6.47. The molecule has 0 aliphatic carbocycles. The fourth-order valence-electron chi connectivity index (χ4n) is 4.57. The van der Waals surface area contributed by atoms with Gasteiger partial charge in [0.1, 0.15) is 0 Å². The second-order valence-electron chi connectivity index (χ2n) is 8.98. The molecule has 2 heterocycles. The number of likely N-dealkylation sites (tertiary alicyclic amines) is 1. The van der Waals surface area contributed by atoms with Gasteiger partial charge in [-0.05, 0) is 36.8 Å². The number of aliphatic imine (C=N–C) groups is 1. The SMILES string of the molecule is CN=C(NCC1CCN(CCc2ccccc2)C1)NCC(C(C)C)N1CCOCC1. The minimum atomic E-state index is 0.507. The zero-order valence-electron chi connectivity index (χ0n) is 19.1. The molecule has 0 aromatic heterocycles. The summed E-state index contributed by atoms with van der Waals surface area (Å²) < 4.78 is 5.52. The Morgan fingerprint density at radius 3 is 2.60 bits per heavy atom. The first-order chi connectivity index (χ1) is 14.7. The molecule has 30 heavy (non-hydrogen) atoms. The van der Waals surface area contributed by atoms with Gasteiger partial charge in [0.25, 0.3) is 0 Å². The first kappa shape index (κ1) is 23.0. The Labute approximate surface area is 183 Å². The van der Waals surface area contributed by atoms with E-state index in [-0.39, 0.29) is 0 Å². The summed E-state index contributed by atoms with van der Waals surface area (Å²) in [6.07, 6.45) is 2.41. The van der Waals surface area contributed by atoms with E-state index in [4.69, 9.17) is 4.74 Å². The molecule has 2 unspecified atom stereocenters. The van der Waals surface area contributed by atoms with Crippen LogP contribution in [0, 0.1) is 11.8 Å². The highest BCUT2D eigenvalue weighted by Gasteiger charge is 2.25. The molecule has 0 radical (unpaired) electrons. The Morgan fingerprint density at radius 1 is 1.13 bits per heavy atom. The second kappa shape index (κ2) is 12.3. The zero-order chi connectivity index (χ0) is 21.2. The Morgan fingerprint density at radius 2 is 1.90 bits per heavy atom. The van der Waals surface area contributed by atoms with Crippen molar-refractivity contribution in [2.24, 2.45) is 16.8 Å². The van der Waals surface area contributed by atoms with Crippen molar-refractivity contribution in [1.82, 2.24) is 20.4 Å². The van der Waals surface area contributed by atoms with Gasteiger partial charge in [-0.15, -0.1) is 0 Å². The summed E-state index contributed by atoms with van der Waals surface area (Å²) in [4.78, 5) is 9.61. The Balaban J connectivity index is 1.36. The summed E-state index contributed by atoms with van der Waals surface area (Å²) in [5, 5.41) is 7.14. The van der Waals surface area contributed by atoms with E-state index in [0.717, 1.165) is 58.3 Å². The molecule has 2 saturated heterocycles. The van der Waals surface area contributed by atoms with E-state index in [9.17, 15) is 0 Å². The van der Waals surface area contributed by atoms with Crippen LogP contribution in [0.4, 0.5) is 0 Å². The molecule has 6 nitrogen and oxygen atoms in total. The third-order valence-corrected chi connectivity index (χ3v) is 6.47. The highest BCUT2D eigenvalue weighted by atomic mass is 16.5. The summed E-state index contributed by atoms with van der Waals surface area (Å²) in [5.41, 5.74) is 1.43. The first-order valence-corrected chi connectivity index (χ1v) is 11.7. The maximum Gasteiger partial charge on any atom is 0.191 e. The average molecular weight is 416 g/mol. The lowest BCUT2D eigenvalue weighted by Crippen LogP contribution is -2.52. The number of guanidine groups is 1. The van der Waals surface area contributed by atoms with Gasteiger partial charge in [0.2, 0.25) is 0 Å². The highest BCUT2D eigenvalue weighted by molar-refractivity contribution is 5.79. The molecule has 168 valence electrons. The number of morpholine rings is 1. The minimum absolute atomic E-state index is 0.507. The van der Waals surface area contributed by atoms with Crippen LogP contribution in [0.3, 0.4) is 0 Å². The van der Waals surface area contributed by atoms with Crippen LogP contribution < -0.4 is 10.6 Å². The maximum atomic E-state index is 5.52. The predicted molar refractivity (Wildman–Crippen MR) is 125 cm³/mol. The largest absolute Gasteiger partial charge is 0.379 e. The fourth-order valence-corrected chi connectivity index (χ4v) is 4.57. The Bertz CT molecular complexity index is 630. The normalized spacial score (nSPS) is 22.4. The molecule has 1 aromatic rings. The number of rotatable bonds is 9. The van der Waals surface area contributed by atoms with E-state index < -0.39 is 0 Å². The minimum Gasteiger partial charge on any atom is -0.379 e. The predicted octanol–water partition coefficient (Wildman–Crippen LogP) is 2.07. The van der Waals surface area contributed by atoms with Crippen LogP contribution in [0.5, 0.6) is 0 Å². The lowest BCUT2D eigenvalue weighted by Gasteiger charge is -2.37. The van der Waals surface area contributed by atoms with Gasteiger partial charge in [0.15, 0.2) is 5.96 Å². The molecule has 2 atom stereocenters. The molecule has 2 aliphatic rings. The molecule has 0 bridgehead atoms. The van der Waals surface area contributed by atoms with Crippen LogP contribution in [0.15, 0.2) is 35.3 Å². The molecule has 0 saturated carbocycles. The molecule has 0 spiro atoms. The molecule has 2 aliphatic heterocycles. The molecule has 2 fully saturated rings. The van der Waals surface area contributed by atoms with Gasteiger partial charge in [-0.2, -0.15) is 0 Å². The van der Waals surface area contributed by atoms with Crippen LogP contribution in [0.25, 0.3) is 0 Å². The first-order valence-electron chi connectivity index (χ1n) is 11.7. The van der Waals surface area contributed by atoms with Gasteiger partial charge in [-0.3, -0.25) is 9.89 Å². The molecular weight excluding hydrogens is 374 g/mol. The number of nitrogens with zero attached hydrogens (tertiary/aromatic N) is 3. The van der Waals surface area contributed by atoms with Gasteiger partial charge >= 0.3 is 0 Å². The highest BCUT2D eigenvalue weighted by Crippen LogP contribution is 2.16. The zero-order valence-corrected chi connectivity index (χ0v) is 19.1. The summed E-state index contributed by atoms with van der Waals surface area (Å²) in [5.74, 6) is 2.22. The number of benzene rings is 1. The topological polar surface area (TPSA) is 52.1 Å². The van der Waals surface area contributed by atoms with Crippen molar-refractivity contribution in [2.75, 3.05) is 66.1 Å². The summed E-state index contributed by atoms with van der Waals surface area (Å²) in [6, 6.07) is 11.3. The lowest BCUT2D eigenvalue weighted by atomic mass is 10.0. The van der Waals surface area contributed by atoms with Crippen molar-refractivity contribution in [3.8, 4) is 0 Å². The fraction of sp³-hybridized carbons (Fsp3) is 0.708. The van der Waals surface area contributed by atoms with Gasteiger partial charge < -0.3 is 20.3 Å². The van der Waals surface area contributed by atoms with Gasteiger partial charge in [0.05, 0.1) is 13.2 Å². The standard InChI is InChI=1S/C24H41N5O/c1-20(2)23(29-13-15-30-16-14-29)18-27-24(25-3)26-17-22-10-12-28(19-22)11-9-21-7-5-4-6-8-21/h4-8,20,22-23H,9-19H2,1-3H3,(H2,25,26,27). The lowest BCUT2D eigenvalue weighted by molar-refractivity contribution is 0.00752. The summed E-state index contributed by atoms with van der Waals surface area (Å²) in [7, 11) is 1.87. The van der Waals surface area contributed by atoms with Crippen molar-refractivity contribution in [3.63, 3.8) is 0 Å². The number of nitrogens with one attached hydrogen (secondary N) is 2. The van der Waals surface area contributed by atoms with E-state index in [1.54, 1.807) is 0 Å². The van der Waals surface area contributed by atoms with Crippen LogP contribution in [0.2, 0.25) is 0 Å². The van der Waals surface area contributed by atoms with Gasteiger partial charge in [0, 0.05) is 52.4 Å². The van der Waals surface area contributed by atoms with Crippen LogP contribution in [-0.2, 0) is 11.2 Å². The Hall–Kier alpha value is -1.63. The second-order valence-corrected chi connectivity index (χ2v) is 8.98. The smallest absolute Gasteiger partial charge is 0.191 e. The number of hydrogen-bond donors (Lipinski definition) is 2. The maximum absolute atomic E-state index is 5.52. The molecule has 2 N–H and O–H groups in total. The summed E-state index contributed by atoms with van der Waals surface area (Å²) >= 11 is 0. The molecule has 6 heteroatoms. The molecular formula is C24H41N5O.